The molecule has 6 rings (SSSR count). The van der Waals surface area contributed by atoms with Gasteiger partial charge in [0.15, 0.2) is 0 Å². The van der Waals surface area contributed by atoms with E-state index in [1.165, 1.54) is 54.6 Å². The molecule has 30 heavy (non-hydrogen) atoms. The summed E-state index contributed by atoms with van der Waals surface area (Å²) in [4.78, 5) is 18.9. The Morgan fingerprint density at radius 2 is 1.67 bits per heavy atom. The van der Waals surface area contributed by atoms with Crippen molar-refractivity contribution in [2.45, 2.75) is 50.3 Å². The average Bonchev–Trinajstić information content (AvgIpc) is 2.73. The van der Waals surface area contributed by atoms with Crippen LogP contribution in [-0.2, 0) is 14.8 Å². The number of pyridine rings is 1. The van der Waals surface area contributed by atoms with Crippen LogP contribution in [0.3, 0.4) is 0 Å². The van der Waals surface area contributed by atoms with Crippen LogP contribution in [0.5, 0.6) is 0 Å². The van der Waals surface area contributed by atoms with Crippen molar-refractivity contribution in [1.82, 2.24) is 14.2 Å². The van der Waals surface area contributed by atoms with E-state index in [4.69, 9.17) is 0 Å². The van der Waals surface area contributed by atoms with Crippen LogP contribution in [0, 0.1) is 23.2 Å². The number of sulfonamides is 1. The van der Waals surface area contributed by atoms with Crippen LogP contribution in [0.2, 0.25) is 0 Å². The maximum absolute atomic E-state index is 13.0. The minimum absolute atomic E-state index is 0.0432. The Hall–Kier alpha value is -1.73. The normalized spacial score (nSPS) is 34.4. The predicted molar refractivity (Wildman–Crippen MR) is 114 cm³/mol. The molecule has 0 spiro atoms. The molecule has 0 atom stereocenters. The Kier molecular flexibility index (Phi) is 5.01. The van der Waals surface area contributed by atoms with Crippen LogP contribution in [0.1, 0.15) is 45.4 Å². The molecule has 7 heteroatoms. The molecule has 1 aromatic rings. The third-order valence-electron chi connectivity index (χ3n) is 8.04. The Morgan fingerprint density at radius 1 is 1.07 bits per heavy atom. The van der Waals surface area contributed by atoms with Gasteiger partial charge in [-0.1, -0.05) is 5.57 Å². The molecule has 1 aliphatic heterocycles. The van der Waals surface area contributed by atoms with Gasteiger partial charge in [-0.3, -0.25) is 9.78 Å². The smallest absolute Gasteiger partial charge is 0.246 e. The van der Waals surface area contributed by atoms with Crippen LogP contribution in [0.25, 0.3) is 0 Å². The number of rotatable bonds is 4. The molecule has 1 aromatic heterocycles. The number of piperazine rings is 1. The van der Waals surface area contributed by atoms with Crippen molar-refractivity contribution in [3.8, 4) is 0 Å². The summed E-state index contributed by atoms with van der Waals surface area (Å²) in [7, 11) is -3.55. The Bertz CT molecular complexity index is 914. The summed E-state index contributed by atoms with van der Waals surface area (Å²) in [5, 5.41) is 0. The van der Waals surface area contributed by atoms with Gasteiger partial charge in [0, 0.05) is 44.6 Å². The molecule has 0 aromatic carbocycles. The maximum Gasteiger partial charge on any atom is 0.246 e. The summed E-state index contributed by atoms with van der Waals surface area (Å²) in [6, 6.07) is 3.20. The van der Waals surface area contributed by atoms with Gasteiger partial charge in [0.05, 0.1) is 0 Å². The first-order valence-corrected chi connectivity index (χ1v) is 12.7. The van der Waals surface area contributed by atoms with Crippen molar-refractivity contribution in [3.05, 3.63) is 36.2 Å². The molecule has 6 nitrogen and oxygen atoms in total. The lowest BCUT2D eigenvalue weighted by molar-refractivity contribution is -0.127. The maximum atomic E-state index is 13.0. The van der Waals surface area contributed by atoms with Gasteiger partial charge in [-0.05, 0) is 80.8 Å². The molecule has 0 N–H and O–H groups in total. The zero-order valence-electron chi connectivity index (χ0n) is 17.7. The molecule has 1 saturated heterocycles. The summed E-state index contributed by atoms with van der Waals surface area (Å²) >= 11 is 0. The highest BCUT2D eigenvalue weighted by atomic mass is 32.2. The summed E-state index contributed by atoms with van der Waals surface area (Å²) in [5.41, 5.74) is 1.51. The van der Waals surface area contributed by atoms with Gasteiger partial charge >= 0.3 is 0 Å². The standard InChI is InChI=1S/C23H31N3O3S/c1-17(23-13-18-10-19(14-23)12-20(11-18)15-23)9-22(27)25-5-7-26(8-6-25)30(28,29)21-3-2-4-24-16-21/h2-4,9,16,18-20H,5-8,10-15H2,1H3/b17-9+. The first-order valence-electron chi connectivity index (χ1n) is 11.2. The van der Waals surface area contributed by atoms with Crippen molar-refractivity contribution in [2.24, 2.45) is 23.2 Å². The Balaban J connectivity index is 1.24. The fourth-order valence-electron chi connectivity index (χ4n) is 6.82. The van der Waals surface area contributed by atoms with Crippen LogP contribution in [-0.4, -0.2) is 54.7 Å². The number of aromatic nitrogens is 1. The lowest BCUT2D eigenvalue weighted by Gasteiger charge is -2.57. The number of carbonyl (C=O) groups excluding carboxylic acids is 1. The second kappa shape index (κ2) is 7.45. The molecule has 162 valence electrons. The lowest BCUT2D eigenvalue weighted by atomic mass is 9.48. The molecular weight excluding hydrogens is 398 g/mol. The molecule has 0 unspecified atom stereocenters. The topological polar surface area (TPSA) is 70.6 Å². The van der Waals surface area contributed by atoms with Gasteiger partial charge in [-0.15, -0.1) is 0 Å². The van der Waals surface area contributed by atoms with E-state index in [9.17, 15) is 13.2 Å². The fraction of sp³-hybridized carbons (Fsp3) is 0.652. The van der Waals surface area contributed by atoms with Gasteiger partial charge in [0.25, 0.3) is 0 Å². The van der Waals surface area contributed by atoms with Gasteiger partial charge in [0.2, 0.25) is 15.9 Å². The predicted octanol–water partition coefficient (Wildman–Crippen LogP) is 3.08. The van der Waals surface area contributed by atoms with Crippen molar-refractivity contribution in [2.75, 3.05) is 26.2 Å². The zero-order valence-corrected chi connectivity index (χ0v) is 18.5. The monoisotopic (exact) mass is 429 g/mol. The summed E-state index contributed by atoms with van der Waals surface area (Å²) in [6.07, 6.45) is 12.8. The lowest BCUT2D eigenvalue weighted by Crippen LogP contribution is -2.50. The SMILES string of the molecule is C/C(=C\C(=O)N1CCN(S(=O)(=O)c2cccnc2)CC1)C12CC3CC(CC(C3)C1)C2. The van der Waals surface area contributed by atoms with Crippen molar-refractivity contribution < 1.29 is 13.2 Å². The van der Waals surface area contributed by atoms with E-state index in [-0.39, 0.29) is 16.2 Å². The largest absolute Gasteiger partial charge is 0.337 e. The second-order valence-corrected chi connectivity index (χ2v) is 11.9. The number of carbonyl (C=O) groups is 1. The average molecular weight is 430 g/mol. The molecule has 4 bridgehead atoms. The van der Waals surface area contributed by atoms with E-state index in [0.29, 0.717) is 26.2 Å². The number of nitrogens with zero attached hydrogens (tertiary/aromatic N) is 3. The first-order chi connectivity index (χ1) is 14.4. The van der Waals surface area contributed by atoms with E-state index >= 15 is 0 Å². The summed E-state index contributed by atoms with van der Waals surface area (Å²) in [6.45, 7) is 3.68. The number of hydrogen-bond donors (Lipinski definition) is 0. The highest BCUT2D eigenvalue weighted by molar-refractivity contribution is 7.89. The first kappa shape index (κ1) is 20.2. The minimum atomic E-state index is -3.55. The molecule has 2 heterocycles. The fourth-order valence-corrected chi connectivity index (χ4v) is 8.21. The van der Waals surface area contributed by atoms with Crippen LogP contribution >= 0.6 is 0 Å². The van der Waals surface area contributed by atoms with Crippen LogP contribution in [0.15, 0.2) is 41.1 Å². The van der Waals surface area contributed by atoms with E-state index in [2.05, 4.69) is 11.9 Å². The summed E-state index contributed by atoms with van der Waals surface area (Å²) < 4.78 is 27.0. The van der Waals surface area contributed by atoms with E-state index in [0.717, 1.165) is 17.8 Å². The molecule has 4 aliphatic carbocycles. The molecule has 5 fully saturated rings. The molecule has 0 radical (unpaired) electrons. The number of allylic oxidation sites excluding steroid dienone is 1. The quantitative estimate of drug-likeness (QED) is 0.690. The highest BCUT2D eigenvalue weighted by Crippen LogP contribution is 2.62. The summed E-state index contributed by atoms with van der Waals surface area (Å²) in [5.74, 6) is 2.62. The van der Waals surface area contributed by atoms with Gasteiger partial charge < -0.3 is 4.90 Å². The molecule has 4 saturated carbocycles. The van der Waals surface area contributed by atoms with E-state index in [1.807, 2.05) is 6.08 Å². The molecular formula is C23H31N3O3S. The highest BCUT2D eigenvalue weighted by Gasteiger charge is 2.51. The van der Waals surface area contributed by atoms with Crippen molar-refractivity contribution in [1.29, 1.82) is 0 Å². The van der Waals surface area contributed by atoms with Crippen LogP contribution < -0.4 is 0 Å². The Labute approximate surface area is 179 Å². The molecule has 5 aliphatic rings. The third-order valence-corrected chi connectivity index (χ3v) is 9.92. The van der Waals surface area contributed by atoms with E-state index in [1.54, 1.807) is 23.2 Å². The van der Waals surface area contributed by atoms with Gasteiger partial charge in [0.1, 0.15) is 4.90 Å². The Morgan fingerprint density at radius 3 is 2.20 bits per heavy atom. The number of hydrogen-bond acceptors (Lipinski definition) is 4. The van der Waals surface area contributed by atoms with Crippen LogP contribution in [0.4, 0.5) is 0 Å². The molecule has 1 amide bonds. The minimum Gasteiger partial charge on any atom is -0.337 e. The van der Waals surface area contributed by atoms with Gasteiger partial charge in [-0.25, -0.2) is 8.42 Å². The van der Waals surface area contributed by atoms with Crippen molar-refractivity contribution in [3.63, 3.8) is 0 Å². The van der Waals surface area contributed by atoms with Gasteiger partial charge in [-0.2, -0.15) is 4.31 Å². The van der Waals surface area contributed by atoms with E-state index < -0.39 is 10.0 Å². The third kappa shape index (κ3) is 3.50. The second-order valence-electron chi connectivity index (χ2n) is 9.94. The van der Waals surface area contributed by atoms with Crippen molar-refractivity contribution >= 4 is 15.9 Å². The number of amides is 1. The zero-order chi connectivity index (χ0) is 20.9.